The van der Waals surface area contributed by atoms with Gasteiger partial charge < -0.3 is 5.73 Å². The zero-order valence-electron chi connectivity index (χ0n) is 11.3. The molecule has 0 fully saturated rings. The van der Waals surface area contributed by atoms with Crippen LogP contribution in [0.4, 0.5) is 0 Å². The number of nitrogens with two attached hydrogens (primary N) is 1. The van der Waals surface area contributed by atoms with E-state index in [1.54, 1.807) is 12.1 Å². The molecule has 106 valence electrons. The first-order valence-corrected chi connectivity index (χ1v) is 7.80. The van der Waals surface area contributed by atoms with Gasteiger partial charge in [0.2, 0.25) is 5.91 Å². The Morgan fingerprint density at radius 1 is 1.05 bits per heavy atom. The fraction of sp³-hybridized carbons (Fsp3) is 0.125. The van der Waals surface area contributed by atoms with E-state index in [0.29, 0.717) is 11.3 Å². The molecule has 1 unspecified atom stereocenters. The van der Waals surface area contributed by atoms with Crippen LogP contribution in [0.3, 0.4) is 0 Å². The summed E-state index contributed by atoms with van der Waals surface area (Å²) in [5, 5.41) is 8.77. The van der Waals surface area contributed by atoms with Gasteiger partial charge in [-0.3, -0.25) is 9.00 Å². The van der Waals surface area contributed by atoms with Gasteiger partial charge in [-0.1, -0.05) is 36.4 Å². The average molecular weight is 298 g/mol. The van der Waals surface area contributed by atoms with Crippen molar-refractivity contribution in [3.8, 4) is 17.2 Å². The maximum atomic E-state index is 11.6. The molecule has 1 amide bonds. The molecule has 0 aromatic heterocycles. The van der Waals surface area contributed by atoms with E-state index in [-0.39, 0.29) is 5.75 Å². The molecule has 0 aliphatic carbocycles. The summed E-state index contributed by atoms with van der Waals surface area (Å²) in [6, 6.07) is 17.0. The second-order valence-electron chi connectivity index (χ2n) is 4.58. The number of amides is 1. The number of nitrogens with zero attached hydrogens (tertiary/aromatic N) is 1. The van der Waals surface area contributed by atoms with Gasteiger partial charge >= 0.3 is 0 Å². The normalized spacial score (nSPS) is 11.6. The molecular formula is C16H14N2O2S. The van der Waals surface area contributed by atoms with Gasteiger partial charge in [0.05, 0.1) is 11.6 Å². The Morgan fingerprint density at radius 3 is 2.05 bits per heavy atom. The van der Waals surface area contributed by atoms with E-state index in [0.717, 1.165) is 16.7 Å². The van der Waals surface area contributed by atoms with Crippen molar-refractivity contribution in [2.45, 2.75) is 5.75 Å². The Kier molecular flexibility index (Phi) is 4.85. The zero-order valence-corrected chi connectivity index (χ0v) is 12.1. The number of hydrogen-bond acceptors (Lipinski definition) is 3. The molecule has 2 aromatic carbocycles. The van der Waals surface area contributed by atoms with Gasteiger partial charge in [0, 0.05) is 16.6 Å². The lowest BCUT2D eigenvalue weighted by molar-refractivity contribution is -0.115. The molecule has 0 saturated carbocycles. The Bertz CT molecular complexity index is 701. The Hall–Kier alpha value is -2.45. The summed E-state index contributed by atoms with van der Waals surface area (Å²) < 4.78 is 11.6. The summed E-state index contributed by atoms with van der Waals surface area (Å²) in [7, 11) is -1.27. The number of primary amides is 1. The van der Waals surface area contributed by atoms with Crippen LogP contribution in [-0.2, 0) is 21.3 Å². The maximum absolute atomic E-state index is 11.6. The molecule has 2 aromatic rings. The van der Waals surface area contributed by atoms with Gasteiger partial charge in [-0.05, 0) is 28.8 Å². The topological polar surface area (TPSA) is 83.9 Å². The third-order valence-corrected chi connectivity index (χ3v) is 4.19. The van der Waals surface area contributed by atoms with Crippen LogP contribution in [0.2, 0.25) is 0 Å². The summed E-state index contributed by atoms with van der Waals surface area (Å²) in [4.78, 5) is 10.7. The van der Waals surface area contributed by atoms with Crippen molar-refractivity contribution in [3.05, 3.63) is 59.7 Å². The van der Waals surface area contributed by atoms with Crippen molar-refractivity contribution in [1.29, 1.82) is 5.26 Å². The highest BCUT2D eigenvalue weighted by Crippen LogP contribution is 2.20. The molecule has 5 heteroatoms. The second-order valence-corrected chi connectivity index (χ2v) is 6.04. The molecule has 0 heterocycles. The van der Waals surface area contributed by atoms with Crippen molar-refractivity contribution in [3.63, 3.8) is 0 Å². The number of hydrogen-bond donors (Lipinski definition) is 1. The Balaban J connectivity index is 2.09. The van der Waals surface area contributed by atoms with Crippen molar-refractivity contribution in [2.24, 2.45) is 5.73 Å². The number of benzene rings is 2. The van der Waals surface area contributed by atoms with Crippen LogP contribution in [0.5, 0.6) is 0 Å². The van der Waals surface area contributed by atoms with Gasteiger partial charge in [-0.25, -0.2) is 0 Å². The first-order chi connectivity index (χ1) is 10.1. The molecule has 0 aliphatic heterocycles. The number of rotatable bonds is 5. The fourth-order valence-corrected chi connectivity index (χ4v) is 2.91. The van der Waals surface area contributed by atoms with E-state index in [9.17, 15) is 9.00 Å². The molecule has 1 atom stereocenters. The molecule has 2 N–H and O–H groups in total. The monoisotopic (exact) mass is 298 g/mol. The van der Waals surface area contributed by atoms with E-state index in [1.807, 2.05) is 36.4 Å². The SMILES string of the molecule is N#Cc1ccc(-c2ccc(CS(=O)CC(N)=O)cc2)cc1. The minimum atomic E-state index is -1.27. The molecule has 2 rings (SSSR count). The predicted molar refractivity (Wildman–Crippen MR) is 82.5 cm³/mol. The Labute approximate surface area is 125 Å². The van der Waals surface area contributed by atoms with Crippen LogP contribution in [-0.4, -0.2) is 15.9 Å². The number of carbonyl (C=O) groups is 1. The van der Waals surface area contributed by atoms with Crippen LogP contribution in [0.15, 0.2) is 48.5 Å². The highest BCUT2D eigenvalue weighted by Gasteiger charge is 2.06. The van der Waals surface area contributed by atoms with Crippen LogP contribution < -0.4 is 5.73 Å². The van der Waals surface area contributed by atoms with Crippen molar-refractivity contribution < 1.29 is 9.00 Å². The van der Waals surface area contributed by atoms with Gasteiger partial charge in [-0.2, -0.15) is 5.26 Å². The Morgan fingerprint density at radius 2 is 1.57 bits per heavy atom. The molecule has 21 heavy (non-hydrogen) atoms. The fourth-order valence-electron chi connectivity index (χ4n) is 1.93. The highest BCUT2D eigenvalue weighted by atomic mass is 32.2. The number of carbonyl (C=O) groups excluding carboxylic acids is 1. The van der Waals surface area contributed by atoms with E-state index < -0.39 is 16.7 Å². The maximum Gasteiger partial charge on any atom is 0.230 e. The van der Waals surface area contributed by atoms with Gasteiger partial charge in [-0.15, -0.1) is 0 Å². The van der Waals surface area contributed by atoms with Crippen molar-refractivity contribution >= 4 is 16.7 Å². The molecule has 4 nitrogen and oxygen atoms in total. The van der Waals surface area contributed by atoms with E-state index in [4.69, 9.17) is 11.0 Å². The lowest BCUT2D eigenvalue weighted by atomic mass is 10.0. The van der Waals surface area contributed by atoms with Gasteiger partial charge in [0.15, 0.2) is 0 Å². The van der Waals surface area contributed by atoms with Crippen molar-refractivity contribution in [2.75, 3.05) is 5.75 Å². The zero-order chi connectivity index (χ0) is 15.2. The average Bonchev–Trinajstić information content (AvgIpc) is 2.47. The van der Waals surface area contributed by atoms with Gasteiger partial charge in [0.25, 0.3) is 0 Å². The van der Waals surface area contributed by atoms with Crippen LogP contribution in [0.1, 0.15) is 11.1 Å². The summed E-state index contributed by atoms with van der Waals surface area (Å²) in [5.74, 6) is -0.351. The van der Waals surface area contributed by atoms with Crippen molar-refractivity contribution in [1.82, 2.24) is 0 Å². The third-order valence-electron chi connectivity index (χ3n) is 2.93. The van der Waals surface area contributed by atoms with Crippen LogP contribution >= 0.6 is 0 Å². The summed E-state index contributed by atoms with van der Waals surface area (Å²) in [6.07, 6.45) is 0. The first kappa shape index (κ1) is 14.9. The smallest absolute Gasteiger partial charge is 0.230 e. The highest BCUT2D eigenvalue weighted by molar-refractivity contribution is 7.84. The molecule has 0 bridgehead atoms. The van der Waals surface area contributed by atoms with E-state index in [1.165, 1.54) is 0 Å². The number of nitriles is 1. The predicted octanol–water partition coefficient (Wildman–Crippen LogP) is 1.96. The minimum Gasteiger partial charge on any atom is -0.369 e. The van der Waals surface area contributed by atoms with Crippen LogP contribution in [0, 0.1) is 11.3 Å². The first-order valence-electron chi connectivity index (χ1n) is 6.31. The summed E-state index contributed by atoms with van der Waals surface area (Å²) in [5.41, 5.74) is 8.56. The van der Waals surface area contributed by atoms with E-state index in [2.05, 4.69) is 6.07 Å². The third kappa shape index (κ3) is 4.26. The summed E-state index contributed by atoms with van der Waals surface area (Å²) in [6.45, 7) is 0. The second kappa shape index (κ2) is 6.82. The standard InChI is InChI=1S/C16H14N2O2S/c17-9-12-1-5-14(6-2-12)15-7-3-13(4-8-15)10-21(20)11-16(18)19/h1-8H,10-11H2,(H2,18,19). The lowest BCUT2D eigenvalue weighted by Crippen LogP contribution is -2.20. The lowest BCUT2D eigenvalue weighted by Gasteiger charge is -2.04. The largest absolute Gasteiger partial charge is 0.369 e. The molecule has 0 radical (unpaired) electrons. The molecular weight excluding hydrogens is 284 g/mol. The minimum absolute atomic E-state index is 0.114. The summed E-state index contributed by atoms with van der Waals surface area (Å²) >= 11 is 0. The quantitative estimate of drug-likeness (QED) is 0.915. The molecule has 0 aliphatic rings. The molecule has 0 spiro atoms. The van der Waals surface area contributed by atoms with E-state index >= 15 is 0 Å². The van der Waals surface area contributed by atoms with Gasteiger partial charge in [0.1, 0.15) is 5.75 Å². The molecule has 0 saturated heterocycles. The van der Waals surface area contributed by atoms with Crippen LogP contribution in [0.25, 0.3) is 11.1 Å².